The predicted octanol–water partition coefficient (Wildman–Crippen LogP) is 2.76. The Labute approximate surface area is 117 Å². The Morgan fingerprint density at radius 1 is 1.37 bits per heavy atom. The minimum absolute atomic E-state index is 0.488. The molecule has 5 heteroatoms. The van der Waals surface area contributed by atoms with Crippen molar-refractivity contribution in [1.82, 2.24) is 10.3 Å². The van der Waals surface area contributed by atoms with Crippen LogP contribution in [-0.2, 0) is 13.2 Å². The first-order chi connectivity index (χ1) is 9.22. The van der Waals surface area contributed by atoms with Gasteiger partial charge in [0.05, 0.1) is 7.11 Å². The number of benzene rings is 1. The predicted molar refractivity (Wildman–Crippen MR) is 76.9 cm³/mol. The van der Waals surface area contributed by atoms with Crippen LogP contribution in [0.2, 0.25) is 0 Å². The Morgan fingerprint density at radius 3 is 2.84 bits per heavy atom. The Kier molecular flexibility index (Phi) is 4.76. The molecule has 0 atom stereocenters. The smallest absolute Gasteiger partial charge is 0.140 e. The van der Waals surface area contributed by atoms with Gasteiger partial charge in [-0.3, -0.25) is 0 Å². The van der Waals surface area contributed by atoms with Gasteiger partial charge >= 0.3 is 0 Å². The van der Waals surface area contributed by atoms with Crippen LogP contribution < -0.4 is 14.8 Å². The normalized spacial score (nSPS) is 10.5. The maximum absolute atomic E-state index is 5.86. The summed E-state index contributed by atoms with van der Waals surface area (Å²) in [6, 6.07) is 5.86. The number of nitrogens with zero attached hydrogens (tertiary/aromatic N) is 1. The second-order valence-corrected chi connectivity index (χ2v) is 5.12. The molecule has 0 saturated heterocycles. The zero-order chi connectivity index (χ0) is 13.7. The number of hydrogen-bond donors (Lipinski definition) is 1. The maximum Gasteiger partial charge on any atom is 0.140 e. The van der Waals surface area contributed by atoms with Crippen LogP contribution in [0.3, 0.4) is 0 Å². The van der Waals surface area contributed by atoms with E-state index in [0.717, 1.165) is 34.3 Å². The quantitative estimate of drug-likeness (QED) is 0.882. The molecule has 1 N–H and O–H groups in total. The van der Waals surface area contributed by atoms with Gasteiger partial charge in [-0.1, -0.05) is 6.07 Å². The second-order valence-electron chi connectivity index (χ2n) is 4.18. The van der Waals surface area contributed by atoms with Gasteiger partial charge in [-0.25, -0.2) is 4.98 Å². The number of hydrogen-bond acceptors (Lipinski definition) is 5. The van der Waals surface area contributed by atoms with Crippen LogP contribution >= 0.6 is 11.3 Å². The molecule has 0 aliphatic heterocycles. The fourth-order valence-corrected chi connectivity index (χ4v) is 2.42. The van der Waals surface area contributed by atoms with Crippen molar-refractivity contribution in [2.24, 2.45) is 0 Å². The molecule has 0 fully saturated rings. The van der Waals surface area contributed by atoms with Crippen LogP contribution in [-0.4, -0.2) is 19.1 Å². The number of rotatable bonds is 6. The van der Waals surface area contributed by atoms with Crippen molar-refractivity contribution in [2.75, 3.05) is 14.2 Å². The van der Waals surface area contributed by atoms with Crippen molar-refractivity contribution < 1.29 is 9.47 Å². The lowest BCUT2D eigenvalue weighted by Gasteiger charge is -2.12. The van der Waals surface area contributed by atoms with Crippen molar-refractivity contribution in [3.05, 3.63) is 39.8 Å². The standard InChI is InChI=1S/C14H18N2O2S/c1-10-9-19-14(16-10)8-18-13-6-12(17-3)5-4-11(13)7-15-2/h4-6,9,15H,7-8H2,1-3H3. The lowest BCUT2D eigenvalue weighted by molar-refractivity contribution is 0.299. The molecule has 0 aliphatic rings. The molecule has 19 heavy (non-hydrogen) atoms. The summed E-state index contributed by atoms with van der Waals surface area (Å²) < 4.78 is 11.1. The molecule has 0 bridgehead atoms. The summed E-state index contributed by atoms with van der Waals surface area (Å²) in [5.41, 5.74) is 2.14. The highest BCUT2D eigenvalue weighted by atomic mass is 32.1. The van der Waals surface area contributed by atoms with Crippen LogP contribution in [0.4, 0.5) is 0 Å². The molecule has 0 spiro atoms. The maximum atomic E-state index is 5.86. The van der Waals surface area contributed by atoms with Crippen molar-refractivity contribution in [1.29, 1.82) is 0 Å². The third kappa shape index (κ3) is 3.68. The average Bonchev–Trinajstić information content (AvgIpc) is 2.83. The van der Waals surface area contributed by atoms with E-state index in [4.69, 9.17) is 9.47 Å². The molecule has 0 aliphatic carbocycles. The first-order valence-corrected chi connectivity index (χ1v) is 6.96. The molecule has 2 aromatic rings. The molecule has 2 rings (SSSR count). The molecule has 1 heterocycles. The Hall–Kier alpha value is -1.59. The van der Waals surface area contributed by atoms with Crippen molar-refractivity contribution in [3.63, 3.8) is 0 Å². The van der Waals surface area contributed by atoms with Gasteiger partial charge < -0.3 is 14.8 Å². The van der Waals surface area contributed by atoms with E-state index in [1.54, 1.807) is 18.4 Å². The number of aromatic nitrogens is 1. The molecule has 0 radical (unpaired) electrons. The van der Waals surface area contributed by atoms with Gasteiger partial charge in [0.25, 0.3) is 0 Å². The Bertz CT molecular complexity index is 540. The minimum Gasteiger partial charge on any atom is -0.497 e. The molecule has 0 saturated carbocycles. The molecule has 4 nitrogen and oxygen atoms in total. The van der Waals surface area contributed by atoms with E-state index in [-0.39, 0.29) is 0 Å². The number of ether oxygens (including phenoxy) is 2. The summed E-state index contributed by atoms with van der Waals surface area (Å²) >= 11 is 1.61. The van der Waals surface area contributed by atoms with E-state index in [2.05, 4.69) is 10.3 Å². The van der Waals surface area contributed by atoms with Crippen LogP contribution in [0, 0.1) is 6.92 Å². The number of methoxy groups -OCH3 is 1. The third-order valence-electron chi connectivity index (χ3n) is 2.66. The summed E-state index contributed by atoms with van der Waals surface area (Å²) in [4.78, 5) is 4.39. The van der Waals surface area contributed by atoms with Crippen LogP contribution in [0.15, 0.2) is 23.6 Å². The molecular weight excluding hydrogens is 260 g/mol. The molecule has 0 unspecified atom stereocenters. The van der Waals surface area contributed by atoms with Crippen LogP contribution in [0.25, 0.3) is 0 Å². The number of aryl methyl sites for hydroxylation is 1. The number of nitrogens with one attached hydrogen (secondary N) is 1. The highest BCUT2D eigenvalue weighted by Gasteiger charge is 2.07. The zero-order valence-corrected chi connectivity index (χ0v) is 12.2. The molecule has 1 aromatic carbocycles. The van der Waals surface area contributed by atoms with Gasteiger partial charge in [0.15, 0.2) is 0 Å². The van der Waals surface area contributed by atoms with Gasteiger partial charge in [-0.15, -0.1) is 11.3 Å². The van der Waals surface area contributed by atoms with E-state index < -0.39 is 0 Å². The zero-order valence-electron chi connectivity index (χ0n) is 11.4. The van der Waals surface area contributed by atoms with E-state index in [0.29, 0.717) is 6.61 Å². The molecule has 1 aromatic heterocycles. The van der Waals surface area contributed by atoms with Crippen LogP contribution in [0.5, 0.6) is 11.5 Å². The van der Waals surface area contributed by atoms with Gasteiger partial charge in [0, 0.05) is 29.2 Å². The number of thiazole rings is 1. The fourth-order valence-electron chi connectivity index (χ4n) is 1.74. The van der Waals surface area contributed by atoms with Crippen molar-refractivity contribution in [3.8, 4) is 11.5 Å². The first-order valence-electron chi connectivity index (χ1n) is 6.08. The van der Waals surface area contributed by atoms with Crippen LogP contribution in [0.1, 0.15) is 16.3 Å². The topological polar surface area (TPSA) is 43.4 Å². The van der Waals surface area contributed by atoms with Crippen molar-refractivity contribution in [2.45, 2.75) is 20.1 Å². The van der Waals surface area contributed by atoms with E-state index in [9.17, 15) is 0 Å². The van der Waals surface area contributed by atoms with E-state index >= 15 is 0 Å². The Morgan fingerprint density at radius 2 is 2.21 bits per heavy atom. The summed E-state index contributed by atoms with van der Waals surface area (Å²) in [5, 5.41) is 6.14. The van der Waals surface area contributed by atoms with Gasteiger partial charge in [0.1, 0.15) is 23.1 Å². The summed E-state index contributed by atoms with van der Waals surface area (Å²) in [6.45, 7) is 3.23. The molecular formula is C14H18N2O2S. The van der Waals surface area contributed by atoms with Gasteiger partial charge in [-0.05, 0) is 20.0 Å². The minimum atomic E-state index is 0.488. The monoisotopic (exact) mass is 278 g/mol. The highest BCUT2D eigenvalue weighted by molar-refractivity contribution is 7.09. The lowest BCUT2D eigenvalue weighted by atomic mass is 10.2. The lowest BCUT2D eigenvalue weighted by Crippen LogP contribution is -2.07. The fraction of sp³-hybridized carbons (Fsp3) is 0.357. The SMILES string of the molecule is CNCc1ccc(OC)cc1OCc1nc(C)cs1. The summed E-state index contributed by atoms with van der Waals surface area (Å²) in [5.74, 6) is 1.63. The van der Waals surface area contributed by atoms with Gasteiger partial charge in [0.2, 0.25) is 0 Å². The average molecular weight is 278 g/mol. The van der Waals surface area contributed by atoms with Gasteiger partial charge in [-0.2, -0.15) is 0 Å². The Balaban J connectivity index is 2.12. The second kappa shape index (κ2) is 6.54. The summed E-state index contributed by atoms with van der Waals surface area (Å²) in [6.07, 6.45) is 0. The first kappa shape index (κ1) is 13.8. The molecule has 0 amide bonds. The van der Waals surface area contributed by atoms with E-state index in [1.807, 2.05) is 37.6 Å². The molecule has 102 valence electrons. The largest absolute Gasteiger partial charge is 0.497 e. The van der Waals surface area contributed by atoms with Crippen molar-refractivity contribution >= 4 is 11.3 Å². The highest BCUT2D eigenvalue weighted by Crippen LogP contribution is 2.26. The van der Waals surface area contributed by atoms with E-state index in [1.165, 1.54) is 0 Å². The summed E-state index contributed by atoms with van der Waals surface area (Å²) in [7, 11) is 3.57. The third-order valence-corrected chi connectivity index (χ3v) is 3.60.